The highest BCUT2D eigenvalue weighted by Crippen LogP contribution is 2.26. The van der Waals surface area contributed by atoms with Crippen molar-refractivity contribution in [1.29, 1.82) is 10.5 Å². The van der Waals surface area contributed by atoms with E-state index in [-0.39, 0.29) is 17.3 Å². The second-order valence-electron chi connectivity index (χ2n) is 5.26. The highest BCUT2D eigenvalue weighted by Gasteiger charge is 2.19. The van der Waals surface area contributed by atoms with Gasteiger partial charge in [-0.05, 0) is 24.5 Å². The first kappa shape index (κ1) is 14.0. The van der Waals surface area contributed by atoms with Crippen molar-refractivity contribution >= 4 is 11.6 Å². The molecule has 2 N–H and O–H groups in total. The Balaban J connectivity index is 1.82. The van der Waals surface area contributed by atoms with Gasteiger partial charge in [0.1, 0.15) is 12.1 Å². The zero-order valence-corrected chi connectivity index (χ0v) is 12.2. The van der Waals surface area contributed by atoms with E-state index in [1.54, 1.807) is 4.57 Å². The van der Waals surface area contributed by atoms with Gasteiger partial charge in [0, 0.05) is 25.3 Å². The summed E-state index contributed by atoms with van der Waals surface area (Å²) < 4.78 is 1.62. The van der Waals surface area contributed by atoms with Gasteiger partial charge in [-0.1, -0.05) is 18.2 Å². The Kier molecular flexibility index (Phi) is 3.67. The van der Waals surface area contributed by atoms with Crippen molar-refractivity contribution in [2.24, 2.45) is 0 Å². The van der Waals surface area contributed by atoms with Gasteiger partial charge in [-0.3, -0.25) is 4.57 Å². The fraction of sp³-hybridized carbons (Fsp3) is 0.312. The molecule has 110 valence electrons. The molecule has 0 spiro atoms. The number of benzene rings is 1. The van der Waals surface area contributed by atoms with E-state index < -0.39 is 0 Å². The molecule has 0 amide bonds. The van der Waals surface area contributed by atoms with Crippen molar-refractivity contribution < 1.29 is 0 Å². The van der Waals surface area contributed by atoms with E-state index in [0.29, 0.717) is 6.54 Å². The van der Waals surface area contributed by atoms with Crippen LogP contribution in [0.15, 0.2) is 24.3 Å². The minimum Gasteiger partial charge on any atom is -0.370 e. The third-order valence-corrected chi connectivity index (χ3v) is 4.01. The van der Waals surface area contributed by atoms with Gasteiger partial charge in [0.15, 0.2) is 11.4 Å². The Morgan fingerprint density at radius 3 is 2.77 bits per heavy atom. The van der Waals surface area contributed by atoms with Crippen molar-refractivity contribution in [2.75, 3.05) is 23.7 Å². The molecule has 6 nitrogen and oxygen atoms in total. The normalized spacial score (nSPS) is 13.3. The third-order valence-electron chi connectivity index (χ3n) is 4.01. The number of nitrogen functional groups attached to an aromatic ring is 1. The molecule has 0 unspecified atom stereocenters. The van der Waals surface area contributed by atoms with Crippen LogP contribution in [0, 0.1) is 22.7 Å². The van der Waals surface area contributed by atoms with Gasteiger partial charge in [-0.2, -0.15) is 10.5 Å². The highest BCUT2D eigenvalue weighted by atomic mass is 15.2. The number of imidazole rings is 1. The number of anilines is 2. The molecule has 2 heterocycles. The Morgan fingerprint density at radius 1 is 1.18 bits per heavy atom. The fourth-order valence-electron chi connectivity index (χ4n) is 2.95. The number of nitrogens with zero attached hydrogens (tertiary/aromatic N) is 5. The Hall–Kier alpha value is -2.99. The van der Waals surface area contributed by atoms with E-state index in [1.165, 1.54) is 11.3 Å². The first-order valence-corrected chi connectivity index (χ1v) is 7.23. The lowest BCUT2D eigenvalue weighted by Gasteiger charge is -2.31. The van der Waals surface area contributed by atoms with Gasteiger partial charge in [-0.15, -0.1) is 0 Å². The van der Waals surface area contributed by atoms with Gasteiger partial charge >= 0.3 is 0 Å². The Labute approximate surface area is 129 Å². The summed E-state index contributed by atoms with van der Waals surface area (Å²) >= 11 is 0. The van der Waals surface area contributed by atoms with E-state index in [0.717, 1.165) is 25.9 Å². The summed E-state index contributed by atoms with van der Waals surface area (Å²) in [6, 6.07) is 12.3. The van der Waals surface area contributed by atoms with Crippen LogP contribution in [0.25, 0.3) is 0 Å². The Bertz CT molecular complexity index is 777. The maximum atomic E-state index is 9.21. The lowest BCUT2D eigenvalue weighted by atomic mass is 10.0. The molecule has 2 aromatic rings. The van der Waals surface area contributed by atoms with E-state index in [2.05, 4.69) is 28.1 Å². The first-order valence-electron chi connectivity index (χ1n) is 7.23. The second-order valence-corrected chi connectivity index (χ2v) is 5.26. The van der Waals surface area contributed by atoms with Gasteiger partial charge in [0.25, 0.3) is 0 Å². The molecular weight excluding hydrogens is 276 g/mol. The quantitative estimate of drug-likeness (QED) is 0.928. The summed E-state index contributed by atoms with van der Waals surface area (Å²) in [6.45, 7) is 2.26. The molecule has 0 radical (unpaired) electrons. The minimum atomic E-state index is 0.0963. The van der Waals surface area contributed by atoms with Gasteiger partial charge < -0.3 is 10.6 Å². The van der Waals surface area contributed by atoms with E-state index >= 15 is 0 Å². The van der Waals surface area contributed by atoms with Crippen LogP contribution in [0.3, 0.4) is 0 Å². The third kappa shape index (κ3) is 2.36. The molecule has 0 aliphatic carbocycles. The summed E-state index contributed by atoms with van der Waals surface area (Å²) in [5.74, 6) is 0.221. The van der Waals surface area contributed by atoms with Crippen LogP contribution in [0.5, 0.6) is 0 Å². The Morgan fingerprint density at radius 2 is 2.00 bits per heavy atom. The van der Waals surface area contributed by atoms with E-state index in [9.17, 15) is 5.26 Å². The van der Waals surface area contributed by atoms with Crippen molar-refractivity contribution in [3.63, 3.8) is 0 Å². The van der Waals surface area contributed by atoms with Gasteiger partial charge in [-0.25, -0.2) is 4.98 Å². The number of para-hydroxylation sites is 1. The number of aromatic nitrogens is 2. The molecule has 0 bridgehead atoms. The first-order chi connectivity index (χ1) is 10.7. The summed E-state index contributed by atoms with van der Waals surface area (Å²) in [4.78, 5) is 6.24. The monoisotopic (exact) mass is 292 g/mol. The zero-order valence-electron chi connectivity index (χ0n) is 12.2. The average Bonchev–Trinajstić information content (AvgIpc) is 2.87. The molecule has 6 heteroatoms. The molecule has 3 rings (SSSR count). The van der Waals surface area contributed by atoms with E-state index in [1.807, 2.05) is 18.2 Å². The molecule has 1 aliphatic heterocycles. The lowest BCUT2D eigenvalue weighted by Crippen LogP contribution is -2.32. The van der Waals surface area contributed by atoms with Crippen LogP contribution in [-0.2, 0) is 13.0 Å². The maximum Gasteiger partial charge on any atom is 0.202 e. The van der Waals surface area contributed by atoms with Crippen LogP contribution < -0.4 is 10.6 Å². The highest BCUT2D eigenvalue weighted by molar-refractivity contribution is 5.55. The number of rotatable bonds is 3. The number of fused-ring (bicyclic) bond motifs is 1. The van der Waals surface area contributed by atoms with Crippen LogP contribution in [0.4, 0.5) is 11.6 Å². The smallest absolute Gasteiger partial charge is 0.202 e. The van der Waals surface area contributed by atoms with Crippen molar-refractivity contribution in [2.45, 2.75) is 19.4 Å². The standard InChI is InChI=1S/C16H16N6/c17-10-13-15(11-18)22(16(19)20-13)9-8-21-7-3-5-12-4-1-2-6-14(12)21/h1-2,4,6H,3,5,7-9H2,(H2,19,20). The number of nitrogens with two attached hydrogens (primary N) is 1. The summed E-state index contributed by atoms with van der Waals surface area (Å²) in [7, 11) is 0. The molecule has 0 atom stereocenters. The van der Waals surface area contributed by atoms with Crippen LogP contribution in [0.1, 0.15) is 23.4 Å². The predicted octanol–water partition coefficient (Wildman–Crippen LogP) is 1.66. The van der Waals surface area contributed by atoms with Gasteiger partial charge in [0.05, 0.1) is 0 Å². The van der Waals surface area contributed by atoms with Crippen molar-refractivity contribution in [3.05, 3.63) is 41.2 Å². The number of aryl methyl sites for hydroxylation is 1. The zero-order chi connectivity index (χ0) is 15.5. The van der Waals surface area contributed by atoms with Crippen LogP contribution in [-0.4, -0.2) is 22.6 Å². The second kappa shape index (κ2) is 5.79. The molecule has 0 saturated heterocycles. The fourth-order valence-corrected chi connectivity index (χ4v) is 2.95. The summed E-state index contributed by atoms with van der Waals surface area (Å²) in [6.07, 6.45) is 2.22. The van der Waals surface area contributed by atoms with Crippen molar-refractivity contribution in [1.82, 2.24) is 9.55 Å². The number of hydrogen-bond acceptors (Lipinski definition) is 5. The molecule has 1 aromatic heterocycles. The molecule has 1 aromatic carbocycles. The predicted molar refractivity (Wildman–Crippen MR) is 83.0 cm³/mol. The summed E-state index contributed by atoms with van der Waals surface area (Å²) in [5.41, 5.74) is 8.77. The minimum absolute atomic E-state index is 0.0963. The topological polar surface area (TPSA) is 94.7 Å². The van der Waals surface area contributed by atoms with Crippen LogP contribution >= 0.6 is 0 Å². The van der Waals surface area contributed by atoms with Crippen molar-refractivity contribution in [3.8, 4) is 12.1 Å². The molecule has 1 aliphatic rings. The number of hydrogen-bond donors (Lipinski definition) is 1. The largest absolute Gasteiger partial charge is 0.370 e. The summed E-state index contributed by atoms with van der Waals surface area (Å²) in [5, 5.41) is 18.2. The molecular formula is C16H16N6. The SMILES string of the molecule is N#Cc1nc(N)n(CCN2CCCc3ccccc32)c1C#N. The molecule has 0 fully saturated rings. The molecule has 22 heavy (non-hydrogen) atoms. The lowest BCUT2D eigenvalue weighted by molar-refractivity contribution is 0.623. The van der Waals surface area contributed by atoms with E-state index in [4.69, 9.17) is 11.0 Å². The van der Waals surface area contributed by atoms with Crippen LogP contribution in [0.2, 0.25) is 0 Å². The number of nitriles is 2. The average molecular weight is 292 g/mol. The molecule has 0 saturated carbocycles. The van der Waals surface area contributed by atoms with Gasteiger partial charge in [0.2, 0.25) is 5.95 Å². The maximum absolute atomic E-state index is 9.21.